The van der Waals surface area contributed by atoms with Crippen molar-refractivity contribution in [3.8, 4) is 0 Å². The van der Waals surface area contributed by atoms with Gasteiger partial charge in [-0.2, -0.15) is 8.62 Å². The molecule has 13 N–H and O–H groups in total. The van der Waals surface area contributed by atoms with Gasteiger partial charge in [0.25, 0.3) is 0 Å². The van der Waals surface area contributed by atoms with Crippen LogP contribution >= 0.6 is 23.5 Å². The Balaban J connectivity index is -0.000000726. The quantitative estimate of drug-likeness (QED) is 0.0363. The van der Waals surface area contributed by atoms with Gasteiger partial charge in [0, 0.05) is 26.2 Å². The second-order valence-electron chi connectivity index (χ2n) is 9.61. The lowest BCUT2D eigenvalue weighted by Crippen LogP contribution is -2.43. The minimum Gasteiger partial charge on any atom is -0.480 e. The van der Waals surface area contributed by atoms with Crippen LogP contribution in [0.1, 0.15) is 0 Å². The molecule has 0 atom stereocenters. The molecular formula is C20H37N4O26P3. The molecular weight excluding hydrogens is 805 g/mol. The average Bonchev–Trinajstić information content (AvgIpc) is 2.85. The standard InChI is InChI=1S/2C10H16N2O8.H5O10P3/c2*13-7(14)3-11(4-8(15)16)1-2-12(5-9(17)18)6-10(19)20;1-11(2,3)9-13(7,8)10-12(4,5)6/h2*1-6H2,(H,13,14)(H,15,16)(H,17,18)(H,19,20);(H,7,8)(H2,1,2,3)(H2,4,5,6). The predicted molar refractivity (Wildman–Crippen MR) is 163 cm³/mol. The van der Waals surface area contributed by atoms with Crippen LogP contribution in [0.3, 0.4) is 0 Å². The highest BCUT2D eigenvalue weighted by Gasteiger charge is 2.38. The van der Waals surface area contributed by atoms with E-state index in [0.717, 1.165) is 19.6 Å². The first kappa shape index (κ1) is 53.4. The maximum absolute atomic E-state index is 10.6. The number of carboxylic acid groups (broad SMARTS) is 8. The SMILES string of the molecule is O=C(O)CN(CCN(CC(=O)O)CC(=O)O)CC(=O)O.O=C(O)CN(CCN(CC(=O)O)CC(=O)O)CC(=O)O.O=P(O)(O)OP(=O)(O)OP(=O)(O)O. The van der Waals surface area contributed by atoms with Crippen molar-refractivity contribution >= 4 is 71.2 Å². The van der Waals surface area contributed by atoms with Crippen molar-refractivity contribution in [2.24, 2.45) is 0 Å². The van der Waals surface area contributed by atoms with E-state index in [1.807, 2.05) is 0 Å². The lowest BCUT2D eigenvalue weighted by Gasteiger charge is -2.23. The fraction of sp³-hybridized carbons (Fsp3) is 0.600. The van der Waals surface area contributed by atoms with Gasteiger partial charge in [-0.3, -0.25) is 58.0 Å². The molecule has 0 aliphatic carbocycles. The van der Waals surface area contributed by atoms with Crippen LogP contribution < -0.4 is 0 Å². The van der Waals surface area contributed by atoms with Crippen LogP contribution in [0.15, 0.2) is 0 Å². The second kappa shape index (κ2) is 25.9. The Morgan fingerprint density at radius 3 is 0.566 bits per heavy atom. The van der Waals surface area contributed by atoms with Crippen LogP contribution in [0.4, 0.5) is 0 Å². The van der Waals surface area contributed by atoms with Gasteiger partial charge >= 0.3 is 71.2 Å². The smallest absolute Gasteiger partial charge is 0.480 e. The number of rotatable bonds is 26. The van der Waals surface area contributed by atoms with Gasteiger partial charge in [0.05, 0.1) is 52.4 Å². The number of hydrogen-bond acceptors (Lipinski definition) is 17. The van der Waals surface area contributed by atoms with Gasteiger partial charge in [0.15, 0.2) is 0 Å². The van der Waals surface area contributed by atoms with Gasteiger partial charge in [-0.15, -0.1) is 0 Å². The first-order chi connectivity index (χ1) is 23.8. The van der Waals surface area contributed by atoms with Crippen molar-refractivity contribution in [2.45, 2.75) is 0 Å². The van der Waals surface area contributed by atoms with Crippen molar-refractivity contribution in [2.75, 3.05) is 78.5 Å². The zero-order valence-electron chi connectivity index (χ0n) is 26.7. The Bertz CT molecular complexity index is 1180. The highest BCUT2D eigenvalue weighted by atomic mass is 31.3. The fourth-order valence-electron chi connectivity index (χ4n) is 3.24. The Morgan fingerprint density at radius 1 is 0.340 bits per heavy atom. The highest BCUT2D eigenvalue weighted by Crippen LogP contribution is 2.64. The summed E-state index contributed by atoms with van der Waals surface area (Å²) in [5, 5.41) is 68.9. The van der Waals surface area contributed by atoms with E-state index in [4.69, 9.17) is 65.3 Å². The van der Waals surface area contributed by atoms with E-state index in [0.29, 0.717) is 0 Å². The highest BCUT2D eigenvalue weighted by molar-refractivity contribution is 7.66. The molecule has 0 aliphatic rings. The van der Waals surface area contributed by atoms with Crippen molar-refractivity contribution < 1.29 is 126 Å². The summed E-state index contributed by atoms with van der Waals surface area (Å²) in [5.74, 6) is -9.82. The molecule has 0 fully saturated rings. The van der Waals surface area contributed by atoms with Gasteiger partial charge in [-0.25, -0.2) is 13.7 Å². The van der Waals surface area contributed by atoms with Crippen LogP contribution in [0.2, 0.25) is 0 Å². The molecule has 0 aromatic heterocycles. The lowest BCUT2D eigenvalue weighted by molar-refractivity contribution is -0.145. The summed E-state index contributed by atoms with van der Waals surface area (Å²) in [6, 6.07) is 0. The Hall–Kier alpha value is -3.99. The third kappa shape index (κ3) is 40.6. The largest absolute Gasteiger partial charge is 0.490 e. The Morgan fingerprint density at radius 2 is 0.472 bits per heavy atom. The molecule has 0 aromatic carbocycles. The molecule has 30 nitrogen and oxygen atoms in total. The molecule has 0 saturated heterocycles. The zero-order valence-corrected chi connectivity index (χ0v) is 29.4. The number of carboxylic acids is 8. The molecule has 308 valence electrons. The zero-order chi connectivity index (χ0) is 42.3. The molecule has 0 heterocycles. The van der Waals surface area contributed by atoms with Gasteiger partial charge in [0.1, 0.15) is 0 Å². The summed E-state index contributed by atoms with van der Waals surface area (Å²) < 4.78 is 36.4. The lowest BCUT2D eigenvalue weighted by atomic mass is 10.4. The van der Waals surface area contributed by atoms with E-state index in [9.17, 15) is 52.1 Å². The van der Waals surface area contributed by atoms with Crippen molar-refractivity contribution in [3.05, 3.63) is 0 Å². The number of phosphoric acid groups is 3. The molecule has 0 radical (unpaired) electrons. The van der Waals surface area contributed by atoms with Crippen molar-refractivity contribution in [1.29, 1.82) is 0 Å². The minimum atomic E-state index is -5.46. The van der Waals surface area contributed by atoms with Crippen molar-refractivity contribution in [1.82, 2.24) is 19.6 Å². The topological polar surface area (TPSA) is 482 Å². The first-order valence-electron chi connectivity index (χ1n) is 13.3. The van der Waals surface area contributed by atoms with E-state index < -0.39 is 124 Å². The average molecular weight is 842 g/mol. The second-order valence-corrected chi connectivity index (χ2v) is 13.8. The van der Waals surface area contributed by atoms with E-state index in [1.165, 1.54) is 0 Å². The summed E-state index contributed by atoms with van der Waals surface area (Å²) >= 11 is 0. The molecule has 0 bridgehead atoms. The number of carbonyl (C=O) groups is 8. The van der Waals surface area contributed by atoms with Crippen LogP contribution in [-0.2, 0) is 60.7 Å². The Kier molecular flexibility index (Phi) is 26.1. The normalized spacial score (nSPS) is 11.6. The van der Waals surface area contributed by atoms with Gasteiger partial charge in [-0.05, 0) is 0 Å². The summed E-state index contributed by atoms with van der Waals surface area (Å²) in [6.07, 6.45) is 0. The molecule has 0 rings (SSSR count). The molecule has 0 saturated carbocycles. The van der Waals surface area contributed by atoms with E-state index in [-0.39, 0.29) is 26.2 Å². The summed E-state index contributed by atoms with van der Waals surface area (Å²) in [5.41, 5.74) is 0. The number of aliphatic carboxylic acids is 8. The predicted octanol–water partition coefficient (Wildman–Crippen LogP) is -4.84. The summed E-state index contributed by atoms with van der Waals surface area (Å²) in [7, 11) is -16.2. The van der Waals surface area contributed by atoms with Crippen LogP contribution in [-0.4, -0.2) is 211 Å². The monoisotopic (exact) mass is 842 g/mol. The number of nitrogens with zero attached hydrogens (tertiary/aromatic N) is 4. The molecule has 0 aliphatic heterocycles. The van der Waals surface area contributed by atoms with Gasteiger partial charge in [-0.1, -0.05) is 0 Å². The van der Waals surface area contributed by atoms with E-state index in [1.54, 1.807) is 0 Å². The fourth-order valence-corrected chi connectivity index (χ4v) is 5.77. The molecule has 0 unspecified atom stereocenters. The van der Waals surface area contributed by atoms with Crippen LogP contribution in [0, 0.1) is 0 Å². The number of hydrogen-bond donors (Lipinski definition) is 13. The molecule has 0 spiro atoms. The molecule has 53 heavy (non-hydrogen) atoms. The first-order valence-corrected chi connectivity index (χ1v) is 17.9. The van der Waals surface area contributed by atoms with Crippen molar-refractivity contribution in [3.63, 3.8) is 0 Å². The molecule has 0 amide bonds. The van der Waals surface area contributed by atoms with Crippen LogP contribution in [0.5, 0.6) is 0 Å². The maximum atomic E-state index is 10.6. The summed E-state index contributed by atoms with van der Waals surface area (Å²) in [6.45, 7) is -4.50. The summed E-state index contributed by atoms with van der Waals surface area (Å²) in [4.78, 5) is 129. The van der Waals surface area contributed by atoms with Gasteiger partial charge in [0.2, 0.25) is 0 Å². The van der Waals surface area contributed by atoms with E-state index in [2.05, 4.69) is 8.62 Å². The molecule has 0 aromatic rings. The Labute approximate surface area is 295 Å². The maximum Gasteiger partial charge on any atom is 0.490 e. The molecule has 33 heteroatoms. The third-order valence-corrected chi connectivity index (χ3v) is 8.11. The third-order valence-electron chi connectivity index (χ3n) is 4.75. The van der Waals surface area contributed by atoms with E-state index >= 15 is 0 Å². The van der Waals surface area contributed by atoms with Gasteiger partial charge < -0.3 is 65.3 Å². The van der Waals surface area contributed by atoms with Crippen LogP contribution in [0.25, 0.3) is 0 Å². The minimum absolute atomic E-state index is 0.0703.